The Morgan fingerprint density at radius 2 is 1.75 bits per heavy atom. The van der Waals surface area contributed by atoms with Gasteiger partial charge in [0.2, 0.25) is 5.91 Å². The molecule has 0 saturated carbocycles. The van der Waals surface area contributed by atoms with Crippen molar-refractivity contribution in [1.29, 1.82) is 0 Å². The van der Waals surface area contributed by atoms with E-state index in [0.717, 1.165) is 11.1 Å². The predicted octanol–water partition coefficient (Wildman–Crippen LogP) is 6.13. The smallest absolute Gasteiger partial charge is 0.244 e. The Morgan fingerprint density at radius 1 is 1.03 bits per heavy atom. The maximum absolute atomic E-state index is 12.6. The molecule has 1 heterocycles. The van der Waals surface area contributed by atoms with E-state index in [1.54, 1.807) is 41.0 Å². The van der Waals surface area contributed by atoms with Crippen LogP contribution in [0.2, 0.25) is 10.0 Å². The standard InChI is InChI=1S/C23H18Cl2N4O2S/c24-17-7-5-15(6-8-17)22-27-28-23(32)29(22)13-21(30)26-18-9-11-19(12-10-18)31-14-16-3-1-2-4-20(16)25/h1-12H,13-14H2,(H,26,30)(H,28,32). The number of nitrogens with one attached hydrogen (secondary N) is 2. The van der Waals surface area contributed by atoms with Crippen LogP contribution in [0.4, 0.5) is 5.69 Å². The van der Waals surface area contributed by atoms with Crippen LogP contribution >= 0.6 is 35.4 Å². The Bertz CT molecular complexity index is 1280. The van der Waals surface area contributed by atoms with Gasteiger partial charge in [0.25, 0.3) is 0 Å². The van der Waals surface area contributed by atoms with Gasteiger partial charge in [0.05, 0.1) is 0 Å². The molecule has 0 radical (unpaired) electrons. The SMILES string of the molecule is O=C(Cn1c(-c2ccc(Cl)cc2)n[nH]c1=S)Nc1ccc(OCc2ccccc2Cl)cc1. The van der Waals surface area contributed by atoms with Gasteiger partial charge in [-0.2, -0.15) is 5.10 Å². The number of benzene rings is 3. The number of hydrogen-bond donors (Lipinski definition) is 2. The minimum Gasteiger partial charge on any atom is -0.489 e. The molecule has 0 aliphatic rings. The maximum Gasteiger partial charge on any atom is 0.244 e. The second-order valence-electron chi connectivity index (χ2n) is 6.90. The quantitative estimate of drug-likeness (QED) is 0.309. The lowest BCUT2D eigenvalue weighted by Gasteiger charge is -2.10. The molecule has 0 aliphatic carbocycles. The van der Waals surface area contributed by atoms with Crippen LogP contribution in [0.15, 0.2) is 72.8 Å². The number of halogens is 2. The highest BCUT2D eigenvalue weighted by molar-refractivity contribution is 7.71. The molecule has 2 N–H and O–H groups in total. The number of hydrogen-bond acceptors (Lipinski definition) is 4. The van der Waals surface area contributed by atoms with Gasteiger partial charge in [-0.25, -0.2) is 0 Å². The van der Waals surface area contributed by atoms with Crippen LogP contribution in [-0.2, 0) is 17.9 Å². The molecule has 0 fully saturated rings. The molecule has 0 atom stereocenters. The molecule has 0 bridgehead atoms. The normalized spacial score (nSPS) is 10.7. The Hall–Kier alpha value is -3.13. The molecule has 32 heavy (non-hydrogen) atoms. The highest BCUT2D eigenvalue weighted by Crippen LogP contribution is 2.22. The van der Waals surface area contributed by atoms with Crippen LogP contribution in [0, 0.1) is 4.77 Å². The summed E-state index contributed by atoms with van der Waals surface area (Å²) >= 11 is 17.4. The van der Waals surface area contributed by atoms with Gasteiger partial charge in [-0.05, 0) is 66.8 Å². The molecule has 0 unspecified atom stereocenters. The minimum atomic E-state index is -0.234. The molecule has 4 aromatic rings. The summed E-state index contributed by atoms with van der Waals surface area (Å²) < 4.78 is 7.76. The summed E-state index contributed by atoms with van der Waals surface area (Å²) in [5.41, 5.74) is 2.35. The van der Waals surface area contributed by atoms with Crippen molar-refractivity contribution in [3.63, 3.8) is 0 Å². The topological polar surface area (TPSA) is 71.9 Å². The molecule has 0 spiro atoms. The van der Waals surface area contributed by atoms with Crippen molar-refractivity contribution in [1.82, 2.24) is 14.8 Å². The maximum atomic E-state index is 12.6. The van der Waals surface area contributed by atoms with Crippen LogP contribution in [-0.4, -0.2) is 20.7 Å². The third kappa shape index (κ3) is 5.37. The Balaban J connectivity index is 1.39. The number of H-pyrrole nitrogens is 1. The number of rotatable bonds is 7. The van der Waals surface area contributed by atoms with E-state index >= 15 is 0 Å². The Labute approximate surface area is 199 Å². The average Bonchev–Trinajstić information content (AvgIpc) is 3.15. The molecule has 0 saturated heterocycles. The zero-order chi connectivity index (χ0) is 22.5. The first kappa shape index (κ1) is 22.1. The predicted molar refractivity (Wildman–Crippen MR) is 129 cm³/mol. The van der Waals surface area contributed by atoms with Crippen molar-refractivity contribution in [2.24, 2.45) is 0 Å². The van der Waals surface area contributed by atoms with Crippen molar-refractivity contribution < 1.29 is 9.53 Å². The molecule has 6 nitrogen and oxygen atoms in total. The molecule has 0 aliphatic heterocycles. The van der Waals surface area contributed by atoms with Crippen molar-refractivity contribution in [3.8, 4) is 17.1 Å². The molecule has 3 aromatic carbocycles. The van der Waals surface area contributed by atoms with Crippen molar-refractivity contribution in [2.45, 2.75) is 13.2 Å². The fraction of sp³-hybridized carbons (Fsp3) is 0.0870. The number of nitrogens with zero attached hydrogens (tertiary/aromatic N) is 2. The summed E-state index contributed by atoms with van der Waals surface area (Å²) in [4.78, 5) is 12.6. The zero-order valence-electron chi connectivity index (χ0n) is 16.7. The van der Waals surface area contributed by atoms with E-state index in [1.807, 2.05) is 36.4 Å². The monoisotopic (exact) mass is 484 g/mol. The zero-order valence-corrected chi connectivity index (χ0v) is 19.0. The fourth-order valence-corrected chi connectivity index (χ4v) is 3.55. The highest BCUT2D eigenvalue weighted by Gasteiger charge is 2.13. The third-order valence-corrected chi connectivity index (χ3v) is 5.59. The largest absolute Gasteiger partial charge is 0.489 e. The van der Waals surface area contributed by atoms with E-state index in [9.17, 15) is 4.79 Å². The van der Waals surface area contributed by atoms with Crippen LogP contribution < -0.4 is 10.1 Å². The van der Waals surface area contributed by atoms with E-state index in [1.165, 1.54) is 0 Å². The Morgan fingerprint density at radius 3 is 2.47 bits per heavy atom. The second-order valence-corrected chi connectivity index (χ2v) is 8.13. The second kappa shape index (κ2) is 9.99. The highest BCUT2D eigenvalue weighted by atomic mass is 35.5. The fourth-order valence-electron chi connectivity index (χ4n) is 3.04. The first-order valence-electron chi connectivity index (χ1n) is 9.67. The first-order chi connectivity index (χ1) is 15.5. The van der Waals surface area contributed by atoms with Gasteiger partial charge in [-0.15, -0.1) is 0 Å². The van der Waals surface area contributed by atoms with Gasteiger partial charge >= 0.3 is 0 Å². The molecular weight excluding hydrogens is 467 g/mol. The number of aromatic amines is 1. The number of carbonyl (C=O) groups excluding carboxylic acids is 1. The van der Waals surface area contributed by atoms with Gasteiger partial charge in [0.15, 0.2) is 10.6 Å². The van der Waals surface area contributed by atoms with E-state index < -0.39 is 0 Å². The number of aromatic nitrogens is 3. The lowest BCUT2D eigenvalue weighted by molar-refractivity contribution is -0.116. The molecule has 1 aromatic heterocycles. The van der Waals surface area contributed by atoms with Gasteiger partial charge in [-0.3, -0.25) is 14.5 Å². The lowest BCUT2D eigenvalue weighted by Crippen LogP contribution is -2.19. The molecule has 1 amide bonds. The van der Waals surface area contributed by atoms with Crippen LogP contribution in [0.5, 0.6) is 5.75 Å². The summed E-state index contributed by atoms with van der Waals surface area (Å²) in [5, 5.41) is 11.1. The number of anilines is 1. The third-order valence-electron chi connectivity index (χ3n) is 4.65. The van der Waals surface area contributed by atoms with E-state index in [4.69, 9.17) is 40.2 Å². The summed E-state index contributed by atoms with van der Waals surface area (Å²) in [6.45, 7) is 0.371. The van der Waals surface area contributed by atoms with Gasteiger partial charge in [0.1, 0.15) is 18.9 Å². The van der Waals surface area contributed by atoms with Gasteiger partial charge in [0, 0.05) is 26.9 Å². The van der Waals surface area contributed by atoms with Crippen molar-refractivity contribution in [3.05, 3.63) is 93.2 Å². The molecule has 162 valence electrons. The van der Waals surface area contributed by atoms with Crippen LogP contribution in [0.25, 0.3) is 11.4 Å². The van der Waals surface area contributed by atoms with Crippen LogP contribution in [0.3, 0.4) is 0 Å². The van der Waals surface area contributed by atoms with Gasteiger partial charge < -0.3 is 10.1 Å². The first-order valence-corrected chi connectivity index (χ1v) is 10.8. The molecule has 4 rings (SSSR count). The summed E-state index contributed by atoms with van der Waals surface area (Å²) in [6, 6.07) is 21.8. The van der Waals surface area contributed by atoms with Crippen LogP contribution in [0.1, 0.15) is 5.56 Å². The van der Waals surface area contributed by atoms with Crippen molar-refractivity contribution in [2.75, 3.05) is 5.32 Å². The minimum absolute atomic E-state index is 0.0120. The van der Waals surface area contributed by atoms with Gasteiger partial charge in [-0.1, -0.05) is 41.4 Å². The summed E-state index contributed by atoms with van der Waals surface area (Å²) in [6.07, 6.45) is 0. The average molecular weight is 485 g/mol. The molecular formula is C23H18Cl2N4O2S. The van der Waals surface area contributed by atoms with E-state index in [2.05, 4.69) is 15.5 Å². The summed E-state index contributed by atoms with van der Waals surface area (Å²) in [5.74, 6) is 0.998. The molecule has 9 heteroatoms. The Kier molecular flexibility index (Phi) is 6.90. The summed E-state index contributed by atoms with van der Waals surface area (Å²) in [7, 11) is 0. The van der Waals surface area contributed by atoms with E-state index in [0.29, 0.717) is 38.7 Å². The lowest BCUT2D eigenvalue weighted by atomic mass is 10.2. The number of ether oxygens (including phenoxy) is 1. The van der Waals surface area contributed by atoms with Crippen molar-refractivity contribution >= 4 is 47.0 Å². The van der Waals surface area contributed by atoms with E-state index in [-0.39, 0.29) is 12.5 Å². The number of amides is 1. The number of carbonyl (C=O) groups is 1.